The van der Waals surface area contributed by atoms with Crippen molar-refractivity contribution in [1.29, 1.82) is 5.26 Å². The topological polar surface area (TPSA) is 59.8 Å². The summed E-state index contributed by atoms with van der Waals surface area (Å²) >= 11 is 0. The highest BCUT2D eigenvalue weighted by atomic mass is 16.5. The molecule has 1 amide bonds. The van der Waals surface area contributed by atoms with Gasteiger partial charge in [0, 0.05) is 39.3 Å². The molecule has 1 heterocycles. The van der Waals surface area contributed by atoms with Gasteiger partial charge in [0.25, 0.3) is 0 Å². The van der Waals surface area contributed by atoms with Gasteiger partial charge >= 0.3 is 0 Å². The van der Waals surface area contributed by atoms with Gasteiger partial charge in [-0.3, -0.25) is 14.6 Å². The van der Waals surface area contributed by atoms with E-state index >= 15 is 0 Å². The third kappa shape index (κ3) is 5.80. The Kier molecular flexibility index (Phi) is 7.62. The van der Waals surface area contributed by atoms with E-state index in [9.17, 15) is 4.79 Å². The van der Waals surface area contributed by atoms with Crippen molar-refractivity contribution in [3.63, 3.8) is 0 Å². The van der Waals surface area contributed by atoms with Gasteiger partial charge in [-0.15, -0.1) is 0 Å². The van der Waals surface area contributed by atoms with E-state index in [1.165, 1.54) is 5.56 Å². The minimum Gasteiger partial charge on any atom is -0.495 e. The van der Waals surface area contributed by atoms with Crippen molar-refractivity contribution in [2.45, 2.75) is 13.0 Å². The van der Waals surface area contributed by atoms with Crippen molar-refractivity contribution in [1.82, 2.24) is 9.80 Å². The number of methoxy groups -OCH3 is 1. The quantitative estimate of drug-likeness (QED) is 0.691. The van der Waals surface area contributed by atoms with Crippen LogP contribution in [0, 0.1) is 11.3 Å². The summed E-state index contributed by atoms with van der Waals surface area (Å²) in [4.78, 5) is 19.4. The van der Waals surface area contributed by atoms with Gasteiger partial charge in [0.2, 0.25) is 5.91 Å². The predicted octanol–water partition coefficient (Wildman–Crippen LogP) is 2.76. The number of piperazine rings is 1. The standard InChI is InChI=1S/C23H28N4O2/c1-29-22-11-6-5-10-21(22)27(13-7-12-24)23(28)19-26-16-14-25(15-17-26)18-20-8-3-2-4-9-20/h2-6,8-11H,7,13-19H2,1H3. The summed E-state index contributed by atoms with van der Waals surface area (Å²) in [6.07, 6.45) is 0.286. The Morgan fingerprint density at radius 2 is 1.69 bits per heavy atom. The van der Waals surface area contributed by atoms with E-state index in [0.29, 0.717) is 18.8 Å². The first-order valence-corrected chi connectivity index (χ1v) is 10.00. The zero-order valence-corrected chi connectivity index (χ0v) is 17.0. The molecule has 0 radical (unpaired) electrons. The van der Waals surface area contributed by atoms with Crippen molar-refractivity contribution in [3.8, 4) is 11.8 Å². The molecule has 0 unspecified atom stereocenters. The van der Waals surface area contributed by atoms with Gasteiger partial charge in [0.1, 0.15) is 5.75 Å². The number of nitrogens with zero attached hydrogens (tertiary/aromatic N) is 4. The van der Waals surface area contributed by atoms with Crippen LogP contribution in [-0.2, 0) is 11.3 Å². The summed E-state index contributed by atoms with van der Waals surface area (Å²) in [7, 11) is 1.59. The predicted molar refractivity (Wildman–Crippen MR) is 114 cm³/mol. The summed E-state index contributed by atoms with van der Waals surface area (Å²) < 4.78 is 5.42. The molecule has 0 N–H and O–H groups in total. The number of rotatable bonds is 8. The lowest BCUT2D eigenvalue weighted by molar-refractivity contribution is -0.120. The first-order chi connectivity index (χ1) is 14.2. The second kappa shape index (κ2) is 10.6. The third-order valence-corrected chi connectivity index (χ3v) is 5.20. The van der Waals surface area contributed by atoms with E-state index < -0.39 is 0 Å². The highest BCUT2D eigenvalue weighted by Crippen LogP contribution is 2.28. The maximum absolute atomic E-state index is 13.1. The van der Waals surface area contributed by atoms with Crippen LogP contribution in [0.2, 0.25) is 0 Å². The van der Waals surface area contributed by atoms with Crippen molar-refractivity contribution in [2.24, 2.45) is 0 Å². The molecule has 1 fully saturated rings. The normalized spacial score (nSPS) is 14.9. The summed E-state index contributed by atoms with van der Waals surface area (Å²) in [5.74, 6) is 0.646. The fraction of sp³-hybridized carbons (Fsp3) is 0.391. The summed E-state index contributed by atoms with van der Waals surface area (Å²) in [5.41, 5.74) is 2.04. The van der Waals surface area contributed by atoms with Gasteiger partial charge in [-0.2, -0.15) is 5.26 Å². The molecule has 2 aromatic rings. The Bertz CT molecular complexity index is 826. The SMILES string of the molecule is COc1ccccc1N(CCC#N)C(=O)CN1CCN(Cc2ccccc2)CC1. The Morgan fingerprint density at radius 1 is 1.03 bits per heavy atom. The van der Waals surface area contributed by atoms with Crippen LogP contribution in [0.25, 0.3) is 0 Å². The smallest absolute Gasteiger partial charge is 0.241 e. The number of anilines is 1. The minimum atomic E-state index is 0.00117. The number of hydrogen-bond donors (Lipinski definition) is 0. The van der Waals surface area contributed by atoms with Gasteiger partial charge in [0.05, 0.1) is 31.8 Å². The molecule has 152 valence electrons. The number of ether oxygens (including phenoxy) is 1. The van der Waals surface area contributed by atoms with E-state index in [0.717, 1.165) is 38.4 Å². The van der Waals surface area contributed by atoms with E-state index in [-0.39, 0.29) is 12.3 Å². The third-order valence-electron chi connectivity index (χ3n) is 5.20. The Hall–Kier alpha value is -2.88. The van der Waals surface area contributed by atoms with E-state index in [2.05, 4.69) is 40.1 Å². The molecule has 6 nitrogen and oxygen atoms in total. The monoisotopic (exact) mass is 392 g/mol. The largest absolute Gasteiger partial charge is 0.495 e. The van der Waals surface area contributed by atoms with Gasteiger partial charge in [0.15, 0.2) is 0 Å². The van der Waals surface area contributed by atoms with Crippen LogP contribution >= 0.6 is 0 Å². The lowest BCUT2D eigenvalue weighted by atomic mass is 10.2. The lowest BCUT2D eigenvalue weighted by Crippen LogP contribution is -2.50. The van der Waals surface area contributed by atoms with Gasteiger partial charge < -0.3 is 9.64 Å². The highest BCUT2D eigenvalue weighted by Gasteiger charge is 2.24. The highest BCUT2D eigenvalue weighted by molar-refractivity contribution is 5.96. The van der Waals surface area contributed by atoms with Crippen molar-refractivity contribution >= 4 is 11.6 Å². The molecule has 0 saturated carbocycles. The van der Waals surface area contributed by atoms with Crippen molar-refractivity contribution < 1.29 is 9.53 Å². The van der Waals surface area contributed by atoms with Crippen LogP contribution in [0.4, 0.5) is 5.69 Å². The first-order valence-electron chi connectivity index (χ1n) is 10.00. The molecular weight excluding hydrogens is 364 g/mol. The zero-order chi connectivity index (χ0) is 20.5. The average molecular weight is 393 g/mol. The molecule has 2 aromatic carbocycles. The number of hydrogen-bond acceptors (Lipinski definition) is 5. The van der Waals surface area contributed by atoms with E-state index in [1.54, 1.807) is 12.0 Å². The lowest BCUT2D eigenvalue weighted by Gasteiger charge is -2.35. The van der Waals surface area contributed by atoms with Crippen LogP contribution in [0.3, 0.4) is 0 Å². The fourth-order valence-corrected chi connectivity index (χ4v) is 3.62. The molecule has 3 rings (SSSR count). The Labute approximate surface area is 172 Å². The van der Waals surface area contributed by atoms with Crippen LogP contribution in [0.1, 0.15) is 12.0 Å². The van der Waals surface area contributed by atoms with E-state index in [4.69, 9.17) is 10.00 Å². The minimum absolute atomic E-state index is 0.00117. The first kappa shape index (κ1) is 20.8. The van der Waals surface area contributed by atoms with Crippen molar-refractivity contribution in [2.75, 3.05) is 51.3 Å². The number of benzene rings is 2. The molecule has 0 spiro atoms. The molecule has 0 bridgehead atoms. The second-order valence-corrected chi connectivity index (χ2v) is 7.16. The Balaban J connectivity index is 1.58. The molecule has 0 atom stereocenters. The second-order valence-electron chi connectivity index (χ2n) is 7.16. The maximum atomic E-state index is 13.1. The van der Waals surface area contributed by atoms with Crippen LogP contribution in [0.5, 0.6) is 5.75 Å². The molecule has 1 saturated heterocycles. The number of carbonyl (C=O) groups is 1. The van der Waals surface area contributed by atoms with Gasteiger partial charge in [-0.05, 0) is 17.7 Å². The summed E-state index contributed by atoms with van der Waals surface area (Å²) in [5, 5.41) is 9.01. The molecule has 29 heavy (non-hydrogen) atoms. The van der Waals surface area contributed by atoms with Crippen LogP contribution in [0.15, 0.2) is 54.6 Å². The van der Waals surface area contributed by atoms with Crippen molar-refractivity contribution in [3.05, 3.63) is 60.2 Å². The van der Waals surface area contributed by atoms with Gasteiger partial charge in [-0.1, -0.05) is 42.5 Å². The van der Waals surface area contributed by atoms with Crippen LogP contribution < -0.4 is 9.64 Å². The molecular formula is C23H28N4O2. The summed E-state index contributed by atoms with van der Waals surface area (Å²) in [6, 6.07) is 20.1. The summed E-state index contributed by atoms with van der Waals surface area (Å²) in [6.45, 7) is 5.25. The molecule has 6 heteroatoms. The molecule has 1 aliphatic heterocycles. The average Bonchev–Trinajstić information content (AvgIpc) is 2.76. The van der Waals surface area contributed by atoms with Gasteiger partial charge in [-0.25, -0.2) is 0 Å². The number of para-hydroxylation sites is 2. The molecule has 0 aromatic heterocycles. The molecule has 1 aliphatic rings. The zero-order valence-electron chi connectivity index (χ0n) is 17.0. The number of amides is 1. The maximum Gasteiger partial charge on any atom is 0.241 e. The van der Waals surface area contributed by atoms with E-state index in [1.807, 2.05) is 30.3 Å². The number of nitriles is 1. The molecule has 0 aliphatic carbocycles. The fourth-order valence-electron chi connectivity index (χ4n) is 3.62. The Morgan fingerprint density at radius 3 is 2.38 bits per heavy atom. The van der Waals surface area contributed by atoms with Crippen LogP contribution in [-0.4, -0.2) is 62.1 Å². The number of carbonyl (C=O) groups excluding carboxylic acids is 1.